The van der Waals surface area contributed by atoms with E-state index in [2.05, 4.69) is 20.5 Å². The third kappa shape index (κ3) is 5.34. The Morgan fingerprint density at radius 2 is 1.93 bits per heavy atom. The number of carbonyl (C=O) groups excluding carboxylic acids is 1. The van der Waals surface area contributed by atoms with Crippen LogP contribution in [0.5, 0.6) is 5.75 Å². The monoisotopic (exact) mass is 370 g/mol. The third-order valence-corrected chi connectivity index (χ3v) is 4.38. The lowest BCUT2D eigenvalue weighted by Crippen LogP contribution is -2.36. The highest BCUT2D eigenvalue weighted by Gasteiger charge is 2.12. The van der Waals surface area contributed by atoms with Crippen LogP contribution < -0.4 is 20.3 Å². The molecule has 1 fully saturated rings. The lowest BCUT2D eigenvalue weighted by molar-refractivity contribution is 0.122. The van der Waals surface area contributed by atoms with E-state index in [1.165, 1.54) is 0 Å². The Morgan fingerprint density at radius 3 is 2.59 bits per heavy atom. The molecule has 0 aliphatic carbocycles. The molecule has 0 unspecified atom stereocenters. The van der Waals surface area contributed by atoms with Crippen molar-refractivity contribution in [2.45, 2.75) is 13.8 Å². The highest BCUT2D eigenvalue weighted by Crippen LogP contribution is 2.22. The number of urea groups is 1. The van der Waals surface area contributed by atoms with Crippen molar-refractivity contribution in [3.63, 3.8) is 0 Å². The van der Waals surface area contributed by atoms with E-state index < -0.39 is 0 Å². The molecule has 0 bridgehead atoms. The Balaban J connectivity index is 1.41. The second-order valence-electron chi connectivity index (χ2n) is 6.45. The maximum atomic E-state index is 12.0. The number of ether oxygens (including phenoxy) is 2. The number of morpholine rings is 1. The van der Waals surface area contributed by atoms with Gasteiger partial charge in [0.25, 0.3) is 0 Å². The van der Waals surface area contributed by atoms with Gasteiger partial charge in [-0.05, 0) is 37.1 Å². The fourth-order valence-corrected chi connectivity index (χ4v) is 2.96. The predicted octanol–water partition coefficient (Wildman–Crippen LogP) is 2.74. The third-order valence-electron chi connectivity index (χ3n) is 4.38. The molecule has 1 aliphatic rings. The van der Waals surface area contributed by atoms with Crippen molar-refractivity contribution in [3.05, 3.63) is 47.7 Å². The number of carbonyl (C=O) groups is 1. The second kappa shape index (κ2) is 9.23. The van der Waals surface area contributed by atoms with Crippen LogP contribution in [0, 0.1) is 13.8 Å². The summed E-state index contributed by atoms with van der Waals surface area (Å²) >= 11 is 0. The molecule has 1 aromatic heterocycles. The Labute approximate surface area is 159 Å². The van der Waals surface area contributed by atoms with Gasteiger partial charge in [-0.1, -0.05) is 18.2 Å². The van der Waals surface area contributed by atoms with Crippen molar-refractivity contribution >= 4 is 17.5 Å². The van der Waals surface area contributed by atoms with Crippen molar-refractivity contribution in [1.82, 2.24) is 10.3 Å². The summed E-state index contributed by atoms with van der Waals surface area (Å²) in [6, 6.07) is 9.50. The predicted molar refractivity (Wildman–Crippen MR) is 106 cm³/mol. The van der Waals surface area contributed by atoms with Crippen LogP contribution >= 0.6 is 0 Å². The Kier molecular flexibility index (Phi) is 6.49. The van der Waals surface area contributed by atoms with Crippen molar-refractivity contribution in [2.75, 3.05) is 49.7 Å². The molecule has 1 aliphatic heterocycles. The minimum Gasteiger partial charge on any atom is -0.491 e. The molecular weight excluding hydrogens is 344 g/mol. The van der Waals surface area contributed by atoms with Crippen LogP contribution in [0.15, 0.2) is 36.5 Å². The smallest absolute Gasteiger partial charge is 0.319 e. The highest BCUT2D eigenvalue weighted by molar-refractivity contribution is 5.89. The van der Waals surface area contributed by atoms with E-state index in [1.54, 1.807) is 6.20 Å². The number of aromatic nitrogens is 1. The van der Waals surface area contributed by atoms with Gasteiger partial charge in [-0.15, -0.1) is 0 Å². The van der Waals surface area contributed by atoms with Gasteiger partial charge in [-0.2, -0.15) is 0 Å². The number of pyridine rings is 1. The van der Waals surface area contributed by atoms with E-state index in [4.69, 9.17) is 9.47 Å². The second-order valence-corrected chi connectivity index (χ2v) is 6.45. The average molecular weight is 370 g/mol. The van der Waals surface area contributed by atoms with Gasteiger partial charge in [0.15, 0.2) is 0 Å². The van der Waals surface area contributed by atoms with Gasteiger partial charge in [-0.25, -0.2) is 9.78 Å². The number of hydrogen-bond donors (Lipinski definition) is 2. The first-order chi connectivity index (χ1) is 13.1. The maximum absolute atomic E-state index is 12.0. The first kappa shape index (κ1) is 19.0. The molecule has 1 saturated heterocycles. The number of amides is 2. The largest absolute Gasteiger partial charge is 0.491 e. The Morgan fingerprint density at radius 1 is 1.19 bits per heavy atom. The summed E-state index contributed by atoms with van der Waals surface area (Å²) < 4.78 is 11.1. The number of nitrogens with zero attached hydrogens (tertiary/aromatic N) is 2. The van der Waals surface area contributed by atoms with Crippen molar-refractivity contribution in [1.29, 1.82) is 0 Å². The Hall–Kier alpha value is -2.80. The summed E-state index contributed by atoms with van der Waals surface area (Å²) in [7, 11) is 0. The summed E-state index contributed by atoms with van der Waals surface area (Å²) in [5, 5.41) is 5.57. The summed E-state index contributed by atoms with van der Waals surface area (Å²) in [6.07, 6.45) is 1.66. The van der Waals surface area contributed by atoms with Crippen LogP contribution in [0.4, 0.5) is 16.3 Å². The topological polar surface area (TPSA) is 75.7 Å². The normalized spacial score (nSPS) is 13.9. The van der Waals surface area contributed by atoms with E-state index in [-0.39, 0.29) is 6.03 Å². The molecule has 7 nitrogen and oxygen atoms in total. The fourth-order valence-electron chi connectivity index (χ4n) is 2.96. The lowest BCUT2D eigenvalue weighted by atomic mass is 10.1. The fraction of sp³-hybridized carbons (Fsp3) is 0.400. The SMILES string of the molecule is Cc1cccc(C)c1OCCNC(=O)Nc1ccc(N2CCOCC2)nc1. The van der Waals surface area contributed by atoms with Crippen molar-refractivity contribution < 1.29 is 14.3 Å². The molecule has 0 spiro atoms. The lowest BCUT2D eigenvalue weighted by Gasteiger charge is -2.27. The molecule has 2 heterocycles. The average Bonchev–Trinajstić information content (AvgIpc) is 2.68. The molecule has 0 atom stereocenters. The molecule has 2 N–H and O–H groups in total. The number of anilines is 2. The Bertz CT molecular complexity index is 738. The zero-order valence-electron chi connectivity index (χ0n) is 15.8. The van der Waals surface area contributed by atoms with Gasteiger partial charge in [0.2, 0.25) is 0 Å². The van der Waals surface area contributed by atoms with Crippen LogP contribution in [0.1, 0.15) is 11.1 Å². The van der Waals surface area contributed by atoms with Crippen LogP contribution in [-0.2, 0) is 4.74 Å². The molecule has 2 aromatic rings. The molecule has 144 valence electrons. The summed E-state index contributed by atoms with van der Waals surface area (Å²) in [4.78, 5) is 18.6. The summed E-state index contributed by atoms with van der Waals surface area (Å²) in [5.74, 6) is 1.77. The van der Waals surface area contributed by atoms with Gasteiger partial charge in [0.05, 0.1) is 31.6 Å². The summed E-state index contributed by atoms with van der Waals surface area (Å²) in [6.45, 7) is 7.95. The number of hydrogen-bond acceptors (Lipinski definition) is 5. The molecule has 0 radical (unpaired) electrons. The molecular formula is C20H26N4O3. The molecule has 2 amide bonds. The van der Waals surface area contributed by atoms with Crippen molar-refractivity contribution in [2.24, 2.45) is 0 Å². The number of rotatable bonds is 6. The van der Waals surface area contributed by atoms with E-state index in [1.807, 2.05) is 44.2 Å². The van der Waals surface area contributed by atoms with Gasteiger partial charge in [0, 0.05) is 13.1 Å². The van der Waals surface area contributed by atoms with E-state index in [0.29, 0.717) is 32.1 Å². The number of aryl methyl sites for hydroxylation is 2. The van der Waals surface area contributed by atoms with Crippen LogP contribution in [-0.4, -0.2) is 50.5 Å². The molecule has 0 saturated carbocycles. The van der Waals surface area contributed by atoms with E-state index in [9.17, 15) is 4.79 Å². The number of benzene rings is 1. The zero-order chi connectivity index (χ0) is 19.1. The summed E-state index contributed by atoms with van der Waals surface area (Å²) in [5.41, 5.74) is 2.83. The zero-order valence-corrected chi connectivity index (χ0v) is 15.8. The molecule has 3 rings (SSSR count). The molecule has 1 aromatic carbocycles. The van der Waals surface area contributed by atoms with E-state index >= 15 is 0 Å². The van der Waals surface area contributed by atoms with Crippen LogP contribution in [0.2, 0.25) is 0 Å². The molecule has 27 heavy (non-hydrogen) atoms. The maximum Gasteiger partial charge on any atom is 0.319 e. The first-order valence-corrected chi connectivity index (χ1v) is 9.16. The van der Waals surface area contributed by atoms with Crippen molar-refractivity contribution in [3.8, 4) is 5.75 Å². The highest BCUT2D eigenvalue weighted by atomic mass is 16.5. The van der Waals surface area contributed by atoms with Gasteiger partial charge >= 0.3 is 6.03 Å². The minimum atomic E-state index is -0.277. The molecule has 7 heteroatoms. The first-order valence-electron chi connectivity index (χ1n) is 9.16. The van der Waals surface area contributed by atoms with Crippen LogP contribution in [0.25, 0.3) is 0 Å². The van der Waals surface area contributed by atoms with Crippen LogP contribution in [0.3, 0.4) is 0 Å². The quantitative estimate of drug-likeness (QED) is 0.765. The van der Waals surface area contributed by atoms with Gasteiger partial charge < -0.3 is 25.0 Å². The number of nitrogens with one attached hydrogen (secondary N) is 2. The van der Waals surface area contributed by atoms with Gasteiger partial charge in [0.1, 0.15) is 18.2 Å². The van der Waals surface area contributed by atoms with E-state index in [0.717, 1.165) is 35.8 Å². The number of para-hydroxylation sites is 1. The standard InChI is InChI=1S/C20H26N4O3/c1-15-4-3-5-16(2)19(15)27-11-8-21-20(25)23-17-6-7-18(22-14-17)24-9-12-26-13-10-24/h3-7,14H,8-13H2,1-2H3,(H2,21,23,25). The van der Waals surface area contributed by atoms with Gasteiger partial charge in [-0.3, -0.25) is 0 Å². The minimum absolute atomic E-state index is 0.277.